The summed E-state index contributed by atoms with van der Waals surface area (Å²) in [6.07, 6.45) is -0.768. The molecule has 2 atom stereocenters. The van der Waals surface area contributed by atoms with Crippen molar-refractivity contribution in [2.24, 2.45) is 11.8 Å². The fourth-order valence-corrected chi connectivity index (χ4v) is 1.38. The van der Waals surface area contributed by atoms with Crippen LogP contribution >= 0.6 is 0 Å². The van der Waals surface area contributed by atoms with Crippen molar-refractivity contribution in [3.63, 3.8) is 0 Å². The molecule has 0 saturated carbocycles. The van der Waals surface area contributed by atoms with E-state index in [-0.39, 0.29) is 0 Å². The molecule has 0 radical (unpaired) electrons. The largest absolute Gasteiger partial charge is 0.469 e. The van der Waals surface area contributed by atoms with Crippen LogP contribution in [0.1, 0.15) is 0 Å². The van der Waals surface area contributed by atoms with Gasteiger partial charge in [0.2, 0.25) is 0 Å². The standard InChI is InChI=1S/C10H16O7/c1-14-8(12)6(5-11)7(9(13)15-2)10(16-3)17-4/h5-7,10H,1-4H3. The van der Waals surface area contributed by atoms with E-state index in [1.54, 1.807) is 0 Å². The second kappa shape index (κ2) is 7.75. The lowest BCUT2D eigenvalue weighted by Gasteiger charge is -2.25. The van der Waals surface area contributed by atoms with E-state index in [0.717, 1.165) is 14.2 Å². The molecule has 0 N–H and O–H groups in total. The number of rotatable bonds is 7. The zero-order valence-corrected chi connectivity index (χ0v) is 10.2. The molecule has 17 heavy (non-hydrogen) atoms. The molecule has 0 bridgehead atoms. The summed E-state index contributed by atoms with van der Waals surface area (Å²) < 4.78 is 18.7. The maximum absolute atomic E-state index is 11.5. The van der Waals surface area contributed by atoms with E-state index < -0.39 is 30.1 Å². The first-order chi connectivity index (χ1) is 8.06. The molecule has 0 aliphatic carbocycles. The number of esters is 2. The van der Waals surface area contributed by atoms with Gasteiger partial charge in [0.15, 0.2) is 6.29 Å². The molecule has 0 spiro atoms. The van der Waals surface area contributed by atoms with Gasteiger partial charge < -0.3 is 23.7 Å². The van der Waals surface area contributed by atoms with Gasteiger partial charge in [-0.1, -0.05) is 0 Å². The first-order valence-electron chi connectivity index (χ1n) is 4.73. The smallest absolute Gasteiger partial charge is 0.316 e. The van der Waals surface area contributed by atoms with Gasteiger partial charge in [0.05, 0.1) is 14.2 Å². The SMILES string of the molecule is COC(=O)C(C=O)C(C(=O)OC)C(OC)OC. The maximum Gasteiger partial charge on any atom is 0.316 e. The minimum atomic E-state index is -1.34. The Kier molecular flexibility index (Phi) is 7.08. The van der Waals surface area contributed by atoms with Crippen LogP contribution in [0.3, 0.4) is 0 Å². The summed E-state index contributed by atoms with van der Waals surface area (Å²) in [6, 6.07) is 0. The molecule has 98 valence electrons. The van der Waals surface area contributed by atoms with Crippen LogP contribution in [0.4, 0.5) is 0 Å². The van der Waals surface area contributed by atoms with Crippen LogP contribution in [0.15, 0.2) is 0 Å². The summed E-state index contributed by atoms with van der Waals surface area (Å²) in [6.45, 7) is 0. The van der Waals surface area contributed by atoms with Crippen LogP contribution in [-0.4, -0.2) is 53.0 Å². The minimum absolute atomic E-state index is 0.304. The molecule has 2 unspecified atom stereocenters. The van der Waals surface area contributed by atoms with E-state index in [4.69, 9.17) is 9.47 Å². The summed E-state index contributed by atoms with van der Waals surface area (Å²) in [5.41, 5.74) is 0. The van der Waals surface area contributed by atoms with Gasteiger partial charge in [-0.15, -0.1) is 0 Å². The van der Waals surface area contributed by atoms with Crippen LogP contribution < -0.4 is 0 Å². The van der Waals surface area contributed by atoms with Crippen molar-refractivity contribution in [3.05, 3.63) is 0 Å². The summed E-state index contributed by atoms with van der Waals surface area (Å²) in [5, 5.41) is 0. The van der Waals surface area contributed by atoms with Crippen LogP contribution in [0.5, 0.6) is 0 Å². The van der Waals surface area contributed by atoms with Gasteiger partial charge in [-0.3, -0.25) is 9.59 Å². The highest BCUT2D eigenvalue weighted by atomic mass is 16.7. The Hall–Kier alpha value is -1.47. The summed E-state index contributed by atoms with van der Waals surface area (Å²) in [7, 11) is 4.81. The summed E-state index contributed by atoms with van der Waals surface area (Å²) in [4.78, 5) is 33.8. The fourth-order valence-electron chi connectivity index (χ4n) is 1.38. The number of hydrogen-bond acceptors (Lipinski definition) is 7. The Morgan fingerprint density at radius 3 is 1.71 bits per heavy atom. The van der Waals surface area contributed by atoms with Crippen molar-refractivity contribution in [2.45, 2.75) is 6.29 Å². The molecule has 7 heteroatoms. The number of carbonyl (C=O) groups excluding carboxylic acids is 3. The zero-order valence-electron chi connectivity index (χ0n) is 10.2. The molecule has 7 nitrogen and oxygen atoms in total. The number of methoxy groups -OCH3 is 4. The summed E-state index contributed by atoms with van der Waals surface area (Å²) >= 11 is 0. The monoisotopic (exact) mass is 248 g/mol. The van der Waals surface area contributed by atoms with E-state index in [9.17, 15) is 14.4 Å². The number of ether oxygens (including phenoxy) is 4. The second-order valence-corrected chi connectivity index (χ2v) is 3.07. The van der Waals surface area contributed by atoms with Gasteiger partial charge in [-0.05, 0) is 0 Å². The van der Waals surface area contributed by atoms with Gasteiger partial charge in [0.1, 0.15) is 18.1 Å². The third-order valence-corrected chi connectivity index (χ3v) is 2.24. The Morgan fingerprint density at radius 1 is 0.941 bits per heavy atom. The Labute approximate surface area is 99.0 Å². The third kappa shape index (κ3) is 3.79. The maximum atomic E-state index is 11.5. The van der Waals surface area contributed by atoms with Crippen molar-refractivity contribution in [2.75, 3.05) is 28.4 Å². The van der Waals surface area contributed by atoms with Crippen molar-refractivity contribution in [1.82, 2.24) is 0 Å². The molecule has 0 aromatic rings. The van der Waals surface area contributed by atoms with Crippen LogP contribution in [0.2, 0.25) is 0 Å². The summed E-state index contributed by atoms with van der Waals surface area (Å²) in [5.74, 6) is -4.19. The molecule has 0 rings (SSSR count). The molecule has 0 heterocycles. The average molecular weight is 248 g/mol. The van der Waals surface area contributed by atoms with Gasteiger partial charge in [0, 0.05) is 14.2 Å². The molecule has 0 aliphatic heterocycles. The van der Waals surface area contributed by atoms with Crippen molar-refractivity contribution in [1.29, 1.82) is 0 Å². The van der Waals surface area contributed by atoms with Gasteiger partial charge >= 0.3 is 11.9 Å². The van der Waals surface area contributed by atoms with Crippen LogP contribution in [0, 0.1) is 11.8 Å². The highest BCUT2D eigenvalue weighted by Gasteiger charge is 2.41. The second-order valence-electron chi connectivity index (χ2n) is 3.07. The lowest BCUT2D eigenvalue weighted by atomic mass is 9.93. The van der Waals surface area contributed by atoms with Gasteiger partial charge in [0.25, 0.3) is 0 Å². The van der Waals surface area contributed by atoms with Crippen molar-refractivity contribution in [3.8, 4) is 0 Å². The minimum Gasteiger partial charge on any atom is -0.469 e. The van der Waals surface area contributed by atoms with Gasteiger partial charge in [-0.2, -0.15) is 0 Å². The van der Waals surface area contributed by atoms with E-state index in [1.807, 2.05) is 0 Å². The predicted octanol–water partition coefficient (Wildman–Crippen LogP) is -0.617. The van der Waals surface area contributed by atoms with Gasteiger partial charge in [-0.25, -0.2) is 0 Å². The van der Waals surface area contributed by atoms with E-state index >= 15 is 0 Å². The number of hydrogen-bond donors (Lipinski definition) is 0. The first-order valence-corrected chi connectivity index (χ1v) is 4.73. The molecular weight excluding hydrogens is 232 g/mol. The lowest BCUT2D eigenvalue weighted by Crippen LogP contribution is -2.42. The number of carbonyl (C=O) groups is 3. The van der Waals surface area contributed by atoms with E-state index in [2.05, 4.69) is 9.47 Å². The molecule has 0 fully saturated rings. The Morgan fingerprint density at radius 2 is 1.41 bits per heavy atom. The molecule has 0 aromatic heterocycles. The average Bonchev–Trinajstić information content (AvgIpc) is 2.37. The van der Waals surface area contributed by atoms with Crippen LogP contribution in [0.25, 0.3) is 0 Å². The normalized spacial score (nSPS) is 13.9. The van der Waals surface area contributed by atoms with Crippen molar-refractivity contribution >= 4 is 18.2 Å². The third-order valence-electron chi connectivity index (χ3n) is 2.24. The highest BCUT2D eigenvalue weighted by molar-refractivity contribution is 5.93. The molecule has 0 aromatic carbocycles. The van der Waals surface area contributed by atoms with E-state index in [1.165, 1.54) is 14.2 Å². The molecule has 0 aliphatic rings. The quantitative estimate of drug-likeness (QED) is 0.257. The number of aldehydes is 1. The Balaban J connectivity index is 5.19. The first kappa shape index (κ1) is 15.5. The van der Waals surface area contributed by atoms with Crippen LogP contribution in [-0.2, 0) is 33.3 Å². The van der Waals surface area contributed by atoms with E-state index in [0.29, 0.717) is 6.29 Å². The fraction of sp³-hybridized carbons (Fsp3) is 0.700. The highest BCUT2D eigenvalue weighted by Crippen LogP contribution is 2.20. The predicted molar refractivity (Wildman–Crippen MR) is 54.9 cm³/mol. The lowest BCUT2D eigenvalue weighted by molar-refractivity contribution is -0.188. The van der Waals surface area contributed by atoms with Crippen molar-refractivity contribution < 1.29 is 33.3 Å². The molecular formula is C10H16O7. The zero-order chi connectivity index (χ0) is 13.4. The topological polar surface area (TPSA) is 88.1 Å². The Bertz CT molecular complexity index is 272. The molecule has 0 amide bonds. The molecule has 0 saturated heterocycles.